The van der Waals surface area contributed by atoms with Gasteiger partial charge in [0, 0.05) is 6.42 Å². The monoisotopic (exact) mass is 298 g/mol. The number of aliphatic hydroxyl groups excluding tert-OH is 1. The van der Waals surface area contributed by atoms with E-state index in [1.165, 1.54) is 45.6 Å². The number of esters is 1. The molecule has 0 rings (SSSR count). The van der Waals surface area contributed by atoms with Gasteiger partial charge in [-0.05, 0) is 25.7 Å². The van der Waals surface area contributed by atoms with E-state index in [1.54, 1.807) is 0 Å². The number of aliphatic hydroxyl groups is 1. The molecule has 0 aromatic heterocycles. The van der Waals surface area contributed by atoms with Crippen LogP contribution in [0.1, 0.15) is 84.0 Å². The second-order valence-electron chi connectivity index (χ2n) is 5.73. The van der Waals surface area contributed by atoms with Crippen LogP contribution < -0.4 is 0 Å². The molecule has 3 heteroatoms. The molecule has 0 aliphatic rings. The number of rotatable bonds is 14. The van der Waals surface area contributed by atoms with E-state index in [0.29, 0.717) is 6.42 Å². The summed E-state index contributed by atoms with van der Waals surface area (Å²) in [6, 6.07) is 0. The van der Waals surface area contributed by atoms with Gasteiger partial charge in [0.05, 0.1) is 13.2 Å². The lowest BCUT2D eigenvalue weighted by Crippen LogP contribution is -2.01. The highest BCUT2D eigenvalue weighted by Gasteiger charge is 1.99. The van der Waals surface area contributed by atoms with E-state index in [1.807, 2.05) is 6.08 Å². The van der Waals surface area contributed by atoms with Crippen LogP contribution in [0.25, 0.3) is 0 Å². The van der Waals surface area contributed by atoms with Gasteiger partial charge in [0.2, 0.25) is 0 Å². The molecule has 0 amide bonds. The number of hydrogen-bond donors (Lipinski definition) is 1. The second-order valence-corrected chi connectivity index (χ2v) is 5.73. The normalized spacial score (nSPS) is 12.7. The Labute approximate surface area is 130 Å². The standard InChI is InChI=1S/C18H34O3/c1-3-4-11-14-17(19)15-12-9-7-5-6-8-10-13-16-18(20)21-2/h12,15,17,19H,3-11,13-14,16H2,1-2H3/b15-12+/t17-/m1/s1. The Morgan fingerprint density at radius 2 is 1.71 bits per heavy atom. The molecular weight excluding hydrogens is 264 g/mol. The lowest BCUT2D eigenvalue weighted by Gasteiger charge is -2.04. The Bertz CT molecular complexity index is 261. The minimum atomic E-state index is -0.255. The van der Waals surface area contributed by atoms with Gasteiger partial charge in [0.25, 0.3) is 0 Å². The number of carbonyl (C=O) groups excluding carboxylic acids is 1. The smallest absolute Gasteiger partial charge is 0.305 e. The predicted molar refractivity (Wildman–Crippen MR) is 88.2 cm³/mol. The van der Waals surface area contributed by atoms with Gasteiger partial charge in [-0.25, -0.2) is 0 Å². The van der Waals surface area contributed by atoms with Gasteiger partial charge < -0.3 is 9.84 Å². The molecule has 0 saturated carbocycles. The third kappa shape index (κ3) is 15.4. The predicted octanol–water partition coefficient (Wildman–Crippen LogP) is 4.78. The number of carbonyl (C=O) groups is 1. The lowest BCUT2D eigenvalue weighted by atomic mass is 10.1. The number of allylic oxidation sites excluding steroid dienone is 1. The van der Waals surface area contributed by atoms with E-state index in [9.17, 15) is 9.90 Å². The number of ether oxygens (including phenoxy) is 1. The van der Waals surface area contributed by atoms with Crippen LogP contribution in [0.15, 0.2) is 12.2 Å². The van der Waals surface area contributed by atoms with E-state index in [4.69, 9.17) is 0 Å². The summed E-state index contributed by atoms with van der Waals surface area (Å²) in [5.41, 5.74) is 0. The molecule has 1 N–H and O–H groups in total. The molecule has 0 aromatic rings. The van der Waals surface area contributed by atoms with Gasteiger partial charge in [-0.15, -0.1) is 0 Å². The second kappa shape index (κ2) is 15.6. The number of hydrogen-bond acceptors (Lipinski definition) is 3. The molecule has 0 bridgehead atoms. The Kier molecular flexibility index (Phi) is 14.9. The molecule has 3 nitrogen and oxygen atoms in total. The fourth-order valence-corrected chi connectivity index (χ4v) is 2.29. The highest BCUT2D eigenvalue weighted by Crippen LogP contribution is 2.10. The van der Waals surface area contributed by atoms with Gasteiger partial charge in [0.1, 0.15) is 0 Å². The van der Waals surface area contributed by atoms with Crippen molar-refractivity contribution in [3.8, 4) is 0 Å². The van der Waals surface area contributed by atoms with Crippen molar-refractivity contribution >= 4 is 5.97 Å². The van der Waals surface area contributed by atoms with Crippen molar-refractivity contribution in [2.75, 3.05) is 7.11 Å². The summed E-state index contributed by atoms with van der Waals surface area (Å²) in [6.07, 6.45) is 16.8. The highest BCUT2D eigenvalue weighted by molar-refractivity contribution is 5.68. The van der Waals surface area contributed by atoms with E-state index in [0.717, 1.165) is 32.1 Å². The molecular formula is C18H34O3. The summed E-state index contributed by atoms with van der Waals surface area (Å²) >= 11 is 0. The maximum absolute atomic E-state index is 10.9. The van der Waals surface area contributed by atoms with E-state index in [2.05, 4.69) is 17.7 Å². The van der Waals surface area contributed by atoms with Crippen LogP contribution in [-0.4, -0.2) is 24.3 Å². The molecule has 0 radical (unpaired) electrons. The molecule has 1 atom stereocenters. The van der Waals surface area contributed by atoms with Gasteiger partial charge in [-0.1, -0.05) is 64.0 Å². The van der Waals surface area contributed by atoms with E-state index >= 15 is 0 Å². The summed E-state index contributed by atoms with van der Waals surface area (Å²) < 4.78 is 4.61. The Morgan fingerprint density at radius 3 is 2.38 bits per heavy atom. The van der Waals surface area contributed by atoms with Crippen molar-refractivity contribution in [1.82, 2.24) is 0 Å². The Balaban J connectivity index is 3.26. The summed E-state index contributed by atoms with van der Waals surface area (Å²) in [4.78, 5) is 10.9. The van der Waals surface area contributed by atoms with Crippen molar-refractivity contribution in [2.45, 2.75) is 90.1 Å². The molecule has 0 spiro atoms. The minimum Gasteiger partial charge on any atom is -0.469 e. The molecule has 21 heavy (non-hydrogen) atoms. The van der Waals surface area contributed by atoms with Crippen molar-refractivity contribution in [3.63, 3.8) is 0 Å². The van der Waals surface area contributed by atoms with Gasteiger partial charge in [-0.3, -0.25) is 4.79 Å². The van der Waals surface area contributed by atoms with Gasteiger partial charge in [-0.2, -0.15) is 0 Å². The average Bonchev–Trinajstić information content (AvgIpc) is 2.49. The first-order valence-corrected chi connectivity index (χ1v) is 8.62. The van der Waals surface area contributed by atoms with Crippen LogP contribution in [-0.2, 0) is 9.53 Å². The summed E-state index contributed by atoms with van der Waals surface area (Å²) in [6.45, 7) is 2.18. The molecule has 0 aromatic carbocycles. The van der Waals surface area contributed by atoms with Crippen molar-refractivity contribution in [2.24, 2.45) is 0 Å². The summed E-state index contributed by atoms with van der Waals surface area (Å²) in [5.74, 6) is -0.0994. The molecule has 0 fully saturated rings. The summed E-state index contributed by atoms with van der Waals surface area (Å²) in [7, 11) is 1.44. The summed E-state index contributed by atoms with van der Waals surface area (Å²) in [5, 5.41) is 9.72. The molecule has 0 heterocycles. The quantitative estimate of drug-likeness (QED) is 0.285. The van der Waals surface area contributed by atoms with Crippen molar-refractivity contribution in [1.29, 1.82) is 0 Å². The van der Waals surface area contributed by atoms with Crippen LogP contribution in [0.4, 0.5) is 0 Å². The maximum Gasteiger partial charge on any atom is 0.305 e. The lowest BCUT2D eigenvalue weighted by molar-refractivity contribution is -0.140. The zero-order valence-electron chi connectivity index (χ0n) is 14.0. The Morgan fingerprint density at radius 1 is 1.05 bits per heavy atom. The van der Waals surface area contributed by atoms with Crippen LogP contribution in [0.3, 0.4) is 0 Å². The third-order valence-electron chi connectivity index (χ3n) is 3.69. The molecule has 0 aliphatic heterocycles. The highest BCUT2D eigenvalue weighted by atomic mass is 16.5. The van der Waals surface area contributed by atoms with Crippen LogP contribution in [0, 0.1) is 0 Å². The maximum atomic E-state index is 10.9. The first kappa shape index (κ1) is 20.2. The fourth-order valence-electron chi connectivity index (χ4n) is 2.29. The number of methoxy groups -OCH3 is 1. The Hall–Kier alpha value is -0.830. The number of unbranched alkanes of at least 4 members (excludes halogenated alkanes) is 8. The zero-order valence-corrected chi connectivity index (χ0v) is 14.0. The van der Waals surface area contributed by atoms with E-state index in [-0.39, 0.29) is 12.1 Å². The largest absolute Gasteiger partial charge is 0.469 e. The molecule has 0 aliphatic carbocycles. The topological polar surface area (TPSA) is 46.5 Å². The minimum absolute atomic E-state index is 0.0994. The van der Waals surface area contributed by atoms with Gasteiger partial charge in [0.15, 0.2) is 0 Å². The van der Waals surface area contributed by atoms with Crippen LogP contribution in [0.5, 0.6) is 0 Å². The molecule has 124 valence electrons. The SMILES string of the molecule is CCCCC[C@@H](O)/C=C/CCCCCCCCC(=O)OC. The third-order valence-corrected chi connectivity index (χ3v) is 3.69. The van der Waals surface area contributed by atoms with Crippen molar-refractivity contribution in [3.05, 3.63) is 12.2 Å². The first-order chi connectivity index (χ1) is 10.2. The van der Waals surface area contributed by atoms with E-state index < -0.39 is 0 Å². The average molecular weight is 298 g/mol. The first-order valence-electron chi connectivity index (χ1n) is 8.62. The van der Waals surface area contributed by atoms with Gasteiger partial charge >= 0.3 is 5.97 Å². The van der Waals surface area contributed by atoms with Crippen LogP contribution >= 0.6 is 0 Å². The fraction of sp³-hybridized carbons (Fsp3) is 0.833. The zero-order chi connectivity index (χ0) is 15.8. The molecule has 0 unspecified atom stereocenters. The molecule has 0 saturated heterocycles. The van der Waals surface area contributed by atoms with Crippen molar-refractivity contribution < 1.29 is 14.6 Å². The van der Waals surface area contributed by atoms with Crippen LogP contribution in [0.2, 0.25) is 0 Å².